The van der Waals surface area contributed by atoms with E-state index in [9.17, 15) is 0 Å². The van der Waals surface area contributed by atoms with Crippen molar-refractivity contribution in [2.24, 2.45) is 4.99 Å². The van der Waals surface area contributed by atoms with E-state index in [4.69, 9.17) is 4.99 Å². The zero-order chi connectivity index (χ0) is 14.0. The Kier molecular flexibility index (Phi) is 4.09. The van der Waals surface area contributed by atoms with Gasteiger partial charge in [-0.05, 0) is 44.9 Å². The number of nitrogens with one attached hydrogen (secondary N) is 1. The second-order valence-corrected chi connectivity index (χ2v) is 6.93. The van der Waals surface area contributed by atoms with Crippen LogP contribution in [0.5, 0.6) is 0 Å². The van der Waals surface area contributed by atoms with Crippen LogP contribution in [0.3, 0.4) is 0 Å². The summed E-state index contributed by atoms with van der Waals surface area (Å²) >= 11 is 1.80. The monoisotopic (exact) mass is 277 g/mol. The highest BCUT2D eigenvalue weighted by molar-refractivity contribution is 8.14. The molecule has 3 nitrogen and oxygen atoms in total. The van der Waals surface area contributed by atoms with Crippen molar-refractivity contribution < 1.29 is 0 Å². The minimum atomic E-state index is 0.0582. The lowest BCUT2D eigenvalue weighted by molar-refractivity contribution is 0.507. The van der Waals surface area contributed by atoms with Crippen LogP contribution >= 0.6 is 11.8 Å². The number of aryl methyl sites for hydroxylation is 1. The molecule has 0 unspecified atom stereocenters. The minimum Gasteiger partial charge on any atom is -0.377 e. The summed E-state index contributed by atoms with van der Waals surface area (Å²) < 4.78 is 0. The predicted molar refractivity (Wildman–Crippen MR) is 87.7 cm³/mol. The van der Waals surface area contributed by atoms with Gasteiger partial charge in [0.25, 0.3) is 0 Å². The third kappa shape index (κ3) is 3.66. The van der Waals surface area contributed by atoms with E-state index in [1.54, 1.807) is 11.8 Å². The number of amidine groups is 1. The molecule has 19 heavy (non-hydrogen) atoms. The Morgan fingerprint density at radius 3 is 2.68 bits per heavy atom. The highest BCUT2D eigenvalue weighted by Crippen LogP contribution is 2.28. The Labute approximate surface area is 120 Å². The molecule has 0 bridgehead atoms. The van der Waals surface area contributed by atoms with Gasteiger partial charge in [0.1, 0.15) is 0 Å². The summed E-state index contributed by atoms with van der Waals surface area (Å²) in [6.07, 6.45) is 1.14. The number of benzene rings is 1. The van der Waals surface area contributed by atoms with Crippen LogP contribution in [0.2, 0.25) is 0 Å². The summed E-state index contributed by atoms with van der Waals surface area (Å²) in [5, 5.41) is 4.48. The highest BCUT2D eigenvalue weighted by Gasteiger charge is 2.22. The summed E-state index contributed by atoms with van der Waals surface area (Å²) in [6, 6.07) is 6.45. The first-order chi connectivity index (χ1) is 8.87. The van der Waals surface area contributed by atoms with E-state index in [0.717, 1.165) is 23.0 Å². The third-order valence-electron chi connectivity index (χ3n) is 3.30. The Hall–Kier alpha value is -1.16. The summed E-state index contributed by atoms with van der Waals surface area (Å²) in [5.41, 5.74) is 3.70. The lowest BCUT2D eigenvalue weighted by atomic mass is 10.0. The molecule has 0 saturated heterocycles. The first-order valence-electron chi connectivity index (χ1n) is 6.65. The summed E-state index contributed by atoms with van der Waals surface area (Å²) in [4.78, 5) is 6.90. The predicted octanol–water partition coefficient (Wildman–Crippen LogP) is 3.74. The lowest BCUT2D eigenvalue weighted by Gasteiger charge is -2.26. The minimum absolute atomic E-state index is 0.0582. The molecular weight excluding hydrogens is 254 g/mol. The first-order valence-corrected chi connectivity index (χ1v) is 7.64. The highest BCUT2D eigenvalue weighted by atomic mass is 32.2. The fourth-order valence-electron chi connectivity index (χ4n) is 2.12. The maximum atomic E-state index is 4.76. The van der Waals surface area contributed by atoms with Gasteiger partial charge in [-0.15, -0.1) is 0 Å². The van der Waals surface area contributed by atoms with Crippen molar-refractivity contribution in [3.05, 3.63) is 23.8 Å². The normalized spacial score (nSPS) is 17.8. The fourth-order valence-corrected chi connectivity index (χ4v) is 3.41. The molecule has 0 saturated carbocycles. The molecule has 104 valence electrons. The van der Waals surface area contributed by atoms with E-state index in [0.29, 0.717) is 0 Å². The topological polar surface area (TPSA) is 27.6 Å². The van der Waals surface area contributed by atoms with E-state index in [-0.39, 0.29) is 5.54 Å². The third-order valence-corrected chi connectivity index (χ3v) is 4.17. The largest absolute Gasteiger partial charge is 0.377 e. The molecule has 0 atom stereocenters. The van der Waals surface area contributed by atoms with Crippen molar-refractivity contribution in [1.82, 2.24) is 0 Å². The van der Waals surface area contributed by atoms with Crippen LogP contribution in [0, 0.1) is 6.92 Å². The summed E-state index contributed by atoms with van der Waals surface area (Å²) in [7, 11) is 4.14. The number of hydrogen-bond donors (Lipinski definition) is 1. The molecule has 0 fully saturated rings. The van der Waals surface area contributed by atoms with Crippen molar-refractivity contribution in [3.8, 4) is 0 Å². The molecule has 0 aromatic heterocycles. The first kappa shape index (κ1) is 14.3. The van der Waals surface area contributed by atoms with Crippen molar-refractivity contribution in [2.75, 3.05) is 30.1 Å². The van der Waals surface area contributed by atoms with Gasteiger partial charge in [-0.3, -0.25) is 4.99 Å². The molecule has 4 heteroatoms. The Morgan fingerprint density at radius 1 is 1.32 bits per heavy atom. The number of aliphatic imine (C=N–C) groups is 1. The standard InChI is InChI=1S/C15H23N3S/c1-11-6-7-12(10-13(11)18(4)5)16-14-17-15(2,3)8-9-19-14/h6-7,10H,8-9H2,1-5H3,(H,16,17). The van der Waals surface area contributed by atoms with Crippen LogP contribution in [0.25, 0.3) is 0 Å². The van der Waals surface area contributed by atoms with Crippen LogP contribution in [-0.4, -0.2) is 30.6 Å². The maximum Gasteiger partial charge on any atom is 0.161 e. The second-order valence-electron chi connectivity index (χ2n) is 5.85. The molecule has 1 heterocycles. The summed E-state index contributed by atoms with van der Waals surface area (Å²) in [5.74, 6) is 1.13. The van der Waals surface area contributed by atoms with E-state index in [1.165, 1.54) is 11.3 Å². The number of rotatable bonds is 2. The molecule has 1 N–H and O–H groups in total. The van der Waals surface area contributed by atoms with Gasteiger partial charge in [-0.2, -0.15) is 0 Å². The average Bonchev–Trinajstić information content (AvgIpc) is 2.30. The van der Waals surface area contributed by atoms with Crippen LogP contribution in [0.15, 0.2) is 23.2 Å². The van der Waals surface area contributed by atoms with Crippen molar-refractivity contribution in [1.29, 1.82) is 0 Å². The molecular formula is C15H23N3S. The second kappa shape index (κ2) is 5.45. The van der Waals surface area contributed by atoms with Gasteiger partial charge in [0.2, 0.25) is 0 Å². The molecule has 2 rings (SSSR count). The maximum absolute atomic E-state index is 4.76. The zero-order valence-corrected chi connectivity index (χ0v) is 13.3. The van der Waals surface area contributed by atoms with E-state index >= 15 is 0 Å². The van der Waals surface area contributed by atoms with Gasteiger partial charge < -0.3 is 10.2 Å². The Balaban J connectivity index is 2.20. The average molecular weight is 277 g/mol. The number of nitrogens with zero attached hydrogens (tertiary/aromatic N) is 2. The van der Waals surface area contributed by atoms with Crippen molar-refractivity contribution in [3.63, 3.8) is 0 Å². The molecule has 0 aliphatic carbocycles. The van der Waals surface area contributed by atoms with E-state index in [1.807, 2.05) is 0 Å². The molecule has 0 spiro atoms. The van der Waals surface area contributed by atoms with Gasteiger partial charge in [0.05, 0.1) is 5.54 Å². The molecule has 1 aromatic carbocycles. The fraction of sp³-hybridized carbons (Fsp3) is 0.533. The van der Waals surface area contributed by atoms with Crippen molar-refractivity contribution >= 4 is 28.3 Å². The van der Waals surface area contributed by atoms with Crippen LogP contribution in [-0.2, 0) is 0 Å². The van der Waals surface area contributed by atoms with Gasteiger partial charge in [0, 0.05) is 31.2 Å². The van der Waals surface area contributed by atoms with Crippen molar-refractivity contribution in [2.45, 2.75) is 32.7 Å². The van der Waals surface area contributed by atoms with Gasteiger partial charge in [-0.1, -0.05) is 17.8 Å². The Morgan fingerprint density at radius 2 is 2.05 bits per heavy atom. The molecule has 1 aromatic rings. The number of anilines is 2. The summed E-state index contributed by atoms with van der Waals surface area (Å²) in [6.45, 7) is 6.51. The smallest absolute Gasteiger partial charge is 0.161 e. The Bertz CT molecular complexity index is 492. The molecule has 1 aliphatic rings. The van der Waals surface area contributed by atoms with E-state index < -0.39 is 0 Å². The van der Waals surface area contributed by atoms with Gasteiger partial charge in [-0.25, -0.2) is 0 Å². The molecule has 1 aliphatic heterocycles. The van der Waals surface area contributed by atoms with Crippen LogP contribution in [0.1, 0.15) is 25.8 Å². The molecule has 0 amide bonds. The van der Waals surface area contributed by atoms with Gasteiger partial charge >= 0.3 is 0 Å². The lowest BCUT2D eigenvalue weighted by Crippen LogP contribution is -2.27. The van der Waals surface area contributed by atoms with Crippen LogP contribution < -0.4 is 10.2 Å². The number of thioether (sulfide) groups is 1. The SMILES string of the molecule is Cc1ccc(NC2=NC(C)(C)CCS2)cc1N(C)C. The van der Waals surface area contributed by atoms with E-state index in [2.05, 4.69) is 63.3 Å². The number of hydrogen-bond acceptors (Lipinski definition) is 4. The molecule has 0 radical (unpaired) electrons. The van der Waals surface area contributed by atoms with Crippen LogP contribution in [0.4, 0.5) is 11.4 Å². The van der Waals surface area contributed by atoms with Gasteiger partial charge in [0.15, 0.2) is 5.17 Å². The zero-order valence-electron chi connectivity index (χ0n) is 12.4. The quantitative estimate of drug-likeness (QED) is 0.892.